The van der Waals surface area contributed by atoms with Crippen LogP contribution in [0.25, 0.3) is 0 Å². The summed E-state index contributed by atoms with van der Waals surface area (Å²) >= 11 is 0. The Balaban J connectivity index is 2.81. The normalized spacial score (nSPS) is 23.9. The van der Waals surface area contributed by atoms with E-state index < -0.39 is 5.92 Å². The van der Waals surface area contributed by atoms with Crippen LogP contribution in [0, 0.1) is 5.92 Å². The molecule has 2 N–H and O–H groups in total. The number of hydrogen-bond donors (Lipinski definition) is 2. The van der Waals surface area contributed by atoms with Gasteiger partial charge in [-0.3, -0.25) is 4.79 Å². The first kappa shape index (κ1) is 7.85. The summed E-state index contributed by atoms with van der Waals surface area (Å²) in [5.41, 5.74) is 0. The smallest absolute Gasteiger partial charge is 0.140 e. The van der Waals surface area contributed by atoms with Crippen molar-refractivity contribution in [2.24, 2.45) is 5.92 Å². The third-order valence-electron chi connectivity index (χ3n) is 1.71. The Bertz CT molecular complexity index is 238. The molecule has 1 aliphatic carbocycles. The van der Waals surface area contributed by atoms with Gasteiger partial charge >= 0.3 is 0 Å². The molecule has 1 aliphatic rings. The first-order valence-electron chi connectivity index (χ1n) is 3.40. The fourth-order valence-electron chi connectivity index (χ4n) is 1.03. The minimum Gasteiger partial charge on any atom is -0.512 e. The Kier molecular flexibility index (Phi) is 1.98. The van der Waals surface area contributed by atoms with E-state index in [4.69, 9.17) is 10.2 Å². The van der Waals surface area contributed by atoms with E-state index in [1.807, 2.05) is 0 Å². The zero-order chi connectivity index (χ0) is 8.43. The van der Waals surface area contributed by atoms with Gasteiger partial charge in [-0.1, -0.05) is 0 Å². The molecule has 0 aliphatic heterocycles. The van der Waals surface area contributed by atoms with Crippen molar-refractivity contribution in [2.75, 3.05) is 0 Å². The van der Waals surface area contributed by atoms with E-state index in [0.29, 0.717) is 0 Å². The molecule has 3 nitrogen and oxygen atoms in total. The zero-order valence-corrected chi connectivity index (χ0v) is 6.24. The van der Waals surface area contributed by atoms with E-state index in [0.717, 1.165) is 0 Å². The molecule has 0 spiro atoms. The minimum atomic E-state index is -0.542. The van der Waals surface area contributed by atoms with Crippen molar-refractivity contribution in [2.45, 2.75) is 13.3 Å². The van der Waals surface area contributed by atoms with Crippen LogP contribution in [0.4, 0.5) is 0 Å². The maximum atomic E-state index is 10.8. The average Bonchev–Trinajstić information content (AvgIpc) is 1.94. The summed E-state index contributed by atoms with van der Waals surface area (Å²) in [5.74, 6) is -0.489. The molecule has 0 amide bonds. The van der Waals surface area contributed by atoms with Crippen LogP contribution in [0.5, 0.6) is 0 Å². The summed E-state index contributed by atoms with van der Waals surface area (Å²) in [7, 11) is 0. The number of carbonyl (C=O) groups excluding carboxylic acids is 1. The third kappa shape index (κ3) is 1.61. The van der Waals surface area contributed by atoms with Gasteiger partial charge in [0.2, 0.25) is 0 Å². The van der Waals surface area contributed by atoms with Gasteiger partial charge in [0.15, 0.2) is 0 Å². The van der Waals surface area contributed by atoms with Gasteiger partial charge in [0.25, 0.3) is 0 Å². The summed E-state index contributed by atoms with van der Waals surface area (Å²) in [6, 6.07) is 0. The molecule has 60 valence electrons. The van der Waals surface area contributed by atoms with Crippen molar-refractivity contribution in [1.29, 1.82) is 0 Å². The van der Waals surface area contributed by atoms with Gasteiger partial charge in [0, 0.05) is 6.42 Å². The van der Waals surface area contributed by atoms with Crippen LogP contribution in [0.15, 0.2) is 23.7 Å². The second kappa shape index (κ2) is 2.78. The highest BCUT2D eigenvalue weighted by molar-refractivity contribution is 5.81. The predicted octanol–water partition coefficient (Wildman–Crippen LogP) is 1.48. The van der Waals surface area contributed by atoms with Crippen molar-refractivity contribution < 1.29 is 15.0 Å². The van der Waals surface area contributed by atoms with Crippen LogP contribution in [0.1, 0.15) is 13.3 Å². The van der Waals surface area contributed by atoms with Gasteiger partial charge in [0.05, 0.1) is 11.7 Å². The Morgan fingerprint density at radius 1 is 1.55 bits per heavy atom. The quantitative estimate of drug-likeness (QED) is 0.601. The van der Waals surface area contributed by atoms with Gasteiger partial charge in [-0.25, -0.2) is 0 Å². The molecule has 1 atom stereocenters. The fraction of sp³-hybridized carbons (Fsp3) is 0.375. The number of carbonyl (C=O) groups is 1. The highest BCUT2D eigenvalue weighted by atomic mass is 16.3. The number of aliphatic hydroxyl groups excluding tert-OH is 2. The first-order valence-corrected chi connectivity index (χ1v) is 3.40. The van der Waals surface area contributed by atoms with Crippen molar-refractivity contribution in [3.63, 3.8) is 0 Å². The standard InChI is InChI=1S/C8H10O3/c1-5(9)7-4-6(10)2-3-8(7)11/h2-3,7,10-11H,4H2,1H3. The fourth-order valence-corrected chi connectivity index (χ4v) is 1.03. The number of ketones is 1. The van der Waals surface area contributed by atoms with Crippen LogP contribution in [0.3, 0.4) is 0 Å². The third-order valence-corrected chi connectivity index (χ3v) is 1.71. The molecule has 0 saturated heterocycles. The zero-order valence-electron chi connectivity index (χ0n) is 6.24. The maximum Gasteiger partial charge on any atom is 0.140 e. The maximum absolute atomic E-state index is 10.8. The molecule has 0 fully saturated rings. The number of aliphatic hydroxyl groups is 2. The van der Waals surface area contributed by atoms with Crippen LogP contribution in [0.2, 0.25) is 0 Å². The predicted molar refractivity (Wildman–Crippen MR) is 40.2 cm³/mol. The number of Topliss-reactive ketones (excluding diaryl/α,β-unsaturated/α-hetero) is 1. The lowest BCUT2D eigenvalue weighted by atomic mass is 9.94. The number of allylic oxidation sites excluding steroid dienone is 4. The SMILES string of the molecule is CC(=O)C1CC(O)=CC=C1O. The largest absolute Gasteiger partial charge is 0.512 e. The van der Waals surface area contributed by atoms with Crippen molar-refractivity contribution >= 4 is 5.78 Å². The van der Waals surface area contributed by atoms with E-state index in [1.165, 1.54) is 19.1 Å². The van der Waals surface area contributed by atoms with E-state index in [2.05, 4.69) is 0 Å². The topological polar surface area (TPSA) is 57.5 Å². The molecule has 0 aromatic rings. The summed E-state index contributed by atoms with van der Waals surface area (Å²) in [6.45, 7) is 1.40. The van der Waals surface area contributed by atoms with Crippen molar-refractivity contribution in [3.05, 3.63) is 23.7 Å². The molecule has 0 aromatic carbocycles. The highest BCUT2D eigenvalue weighted by Crippen LogP contribution is 2.22. The van der Waals surface area contributed by atoms with Gasteiger partial charge in [-0.05, 0) is 19.1 Å². The molecule has 11 heavy (non-hydrogen) atoms. The van der Waals surface area contributed by atoms with Crippen LogP contribution in [-0.2, 0) is 4.79 Å². The lowest BCUT2D eigenvalue weighted by molar-refractivity contribution is -0.120. The Hall–Kier alpha value is -1.25. The van der Waals surface area contributed by atoms with Crippen molar-refractivity contribution in [3.8, 4) is 0 Å². The summed E-state index contributed by atoms with van der Waals surface area (Å²) in [4.78, 5) is 10.8. The molecular formula is C8H10O3. The van der Waals surface area contributed by atoms with E-state index >= 15 is 0 Å². The lowest BCUT2D eigenvalue weighted by Gasteiger charge is -2.15. The van der Waals surface area contributed by atoms with Crippen LogP contribution in [-0.4, -0.2) is 16.0 Å². The molecular weight excluding hydrogens is 144 g/mol. The molecule has 0 radical (unpaired) electrons. The highest BCUT2D eigenvalue weighted by Gasteiger charge is 2.22. The molecule has 0 heterocycles. The van der Waals surface area contributed by atoms with Crippen LogP contribution >= 0.6 is 0 Å². The number of rotatable bonds is 1. The Morgan fingerprint density at radius 3 is 2.64 bits per heavy atom. The second-order valence-corrected chi connectivity index (χ2v) is 2.62. The van der Waals surface area contributed by atoms with E-state index in [9.17, 15) is 4.79 Å². The molecule has 0 bridgehead atoms. The average molecular weight is 154 g/mol. The molecule has 0 saturated carbocycles. The first-order chi connectivity index (χ1) is 5.11. The molecule has 3 heteroatoms. The summed E-state index contributed by atoms with van der Waals surface area (Å²) < 4.78 is 0. The summed E-state index contributed by atoms with van der Waals surface area (Å²) in [5, 5.41) is 18.1. The van der Waals surface area contributed by atoms with Crippen molar-refractivity contribution in [1.82, 2.24) is 0 Å². The monoisotopic (exact) mass is 154 g/mol. The minimum absolute atomic E-state index is 0.0373. The Morgan fingerprint density at radius 2 is 2.18 bits per heavy atom. The number of hydrogen-bond acceptors (Lipinski definition) is 3. The van der Waals surface area contributed by atoms with Gasteiger partial charge in [-0.15, -0.1) is 0 Å². The second-order valence-electron chi connectivity index (χ2n) is 2.62. The van der Waals surface area contributed by atoms with Gasteiger partial charge in [0.1, 0.15) is 11.5 Å². The van der Waals surface area contributed by atoms with Gasteiger partial charge < -0.3 is 10.2 Å². The van der Waals surface area contributed by atoms with Gasteiger partial charge in [-0.2, -0.15) is 0 Å². The van der Waals surface area contributed by atoms with E-state index in [-0.39, 0.29) is 23.7 Å². The summed E-state index contributed by atoms with van der Waals surface area (Å²) in [6.07, 6.45) is 2.97. The Labute approximate surface area is 64.7 Å². The van der Waals surface area contributed by atoms with Crippen LogP contribution < -0.4 is 0 Å². The van der Waals surface area contributed by atoms with E-state index in [1.54, 1.807) is 0 Å². The lowest BCUT2D eigenvalue weighted by Crippen LogP contribution is -2.16. The molecule has 0 aromatic heterocycles. The molecule has 1 unspecified atom stereocenters. The molecule has 1 rings (SSSR count).